The molecule has 39 heavy (non-hydrogen) atoms. The maximum absolute atomic E-state index is 9.86. The topological polar surface area (TPSA) is 40.5 Å². The first-order valence-electron chi connectivity index (χ1n) is 13.1. The Hall–Kier alpha value is -5.08. The van der Waals surface area contributed by atoms with E-state index in [2.05, 4.69) is 97.1 Å². The zero-order chi connectivity index (χ0) is 26.4. The molecule has 0 amide bonds. The van der Waals surface area contributed by atoms with E-state index in [9.17, 15) is 10.2 Å². The van der Waals surface area contributed by atoms with E-state index in [1.807, 2.05) is 24.3 Å². The molecule has 1 aliphatic carbocycles. The van der Waals surface area contributed by atoms with Crippen molar-refractivity contribution in [3.63, 3.8) is 0 Å². The Morgan fingerprint density at radius 1 is 0.359 bits per heavy atom. The first-order chi connectivity index (χ1) is 19.1. The van der Waals surface area contributed by atoms with Crippen molar-refractivity contribution >= 4 is 0 Å². The molecule has 0 aromatic heterocycles. The highest BCUT2D eigenvalue weighted by Gasteiger charge is 2.46. The van der Waals surface area contributed by atoms with Gasteiger partial charge in [-0.2, -0.15) is 0 Å². The largest absolute Gasteiger partial charge is 0.508 e. The van der Waals surface area contributed by atoms with Crippen molar-refractivity contribution in [2.45, 2.75) is 5.41 Å². The van der Waals surface area contributed by atoms with Crippen LogP contribution in [0.3, 0.4) is 0 Å². The summed E-state index contributed by atoms with van der Waals surface area (Å²) in [7, 11) is 0. The van der Waals surface area contributed by atoms with Crippen LogP contribution in [-0.4, -0.2) is 10.2 Å². The van der Waals surface area contributed by atoms with Crippen LogP contribution in [0.25, 0.3) is 33.4 Å². The van der Waals surface area contributed by atoms with Crippen LogP contribution in [0.5, 0.6) is 11.5 Å². The van der Waals surface area contributed by atoms with Crippen LogP contribution in [0.2, 0.25) is 0 Å². The van der Waals surface area contributed by atoms with E-state index < -0.39 is 5.41 Å². The van der Waals surface area contributed by atoms with Crippen molar-refractivity contribution in [1.29, 1.82) is 0 Å². The van der Waals surface area contributed by atoms with Gasteiger partial charge in [-0.1, -0.05) is 109 Å². The summed E-state index contributed by atoms with van der Waals surface area (Å²) in [6.45, 7) is 0. The summed E-state index contributed by atoms with van der Waals surface area (Å²) in [6, 6.07) is 49.8. The lowest BCUT2D eigenvalue weighted by molar-refractivity contribution is 0.475. The molecule has 0 unspecified atom stereocenters. The molecule has 0 radical (unpaired) electrons. The van der Waals surface area contributed by atoms with Gasteiger partial charge in [0.1, 0.15) is 11.5 Å². The number of hydrogen-bond acceptors (Lipinski definition) is 2. The fourth-order valence-electron chi connectivity index (χ4n) is 6.20. The first kappa shape index (κ1) is 23.1. The summed E-state index contributed by atoms with van der Waals surface area (Å²) in [5, 5.41) is 19.7. The summed E-state index contributed by atoms with van der Waals surface area (Å²) >= 11 is 0. The number of rotatable bonds is 4. The van der Waals surface area contributed by atoms with Crippen molar-refractivity contribution in [2.24, 2.45) is 0 Å². The minimum Gasteiger partial charge on any atom is -0.508 e. The number of fused-ring (bicyclic) bond motifs is 3. The Morgan fingerprint density at radius 3 is 1.21 bits per heavy atom. The van der Waals surface area contributed by atoms with Crippen molar-refractivity contribution in [1.82, 2.24) is 0 Å². The highest BCUT2D eigenvalue weighted by molar-refractivity contribution is 5.87. The third-order valence-electron chi connectivity index (χ3n) is 7.94. The lowest BCUT2D eigenvalue weighted by Gasteiger charge is -2.34. The Kier molecular flexibility index (Phi) is 5.35. The molecule has 2 N–H and O–H groups in total. The third-order valence-corrected chi connectivity index (χ3v) is 7.94. The second-order valence-electron chi connectivity index (χ2n) is 10.1. The SMILES string of the molecule is Oc1ccc(-c2cccc(C3(c4cccc(-c5ccc(O)cc5)c4)c4ccccc4-c4ccccc43)c2)cc1. The Labute approximate surface area is 228 Å². The van der Waals surface area contributed by atoms with Gasteiger partial charge in [0, 0.05) is 0 Å². The molecule has 0 spiro atoms. The predicted octanol–water partition coefficient (Wildman–Crippen LogP) is 8.79. The second kappa shape index (κ2) is 9.04. The molecular formula is C37H26O2. The molecule has 0 saturated heterocycles. The molecule has 0 fully saturated rings. The van der Waals surface area contributed by atoms with E-state index in [0.717, 1.165) is 22.3 Å². The van der Waals surface area contributed by atoms with Gasteiger partial charge >= 0.3 is 0 Å². The molecule has 0 aliphatic heterocycles. The van der Waals surface area contributed by atoms with E-state index in [-0.39, 0.29) is 11.5 Å². The lowest BCUT2D eigenvalue weighted by Crippen LogP contribution is -2.28. The Balaban J connectivity index is 1.53. The van der Waals surface area contributed by atoms with Crippen LogP contribution < -0.4 is 0 Å². The molecule has 0 atom stereocenters. The van der Waals surface area contributed by atoms with Crippen LogP contribution in [0, 0.1) is 0 Å². The molecule has 0 heterocycles. The summed E-state index contributed by atoms with van der Waals surface area (Å²) in [4.78, 5) is 0. The molecule has 6 aromatic rings. The molecular weight excluding hydrogens is 476 g/mol. The first-order valence-corrected chi connectivity index (χ1v) is 13.1. The molecule has 6 aromatic carbocycles. The predicted molar refractivity (Wildman–Crippen MR) is 158 cm³/mol. The summed E-state index contributed by atoms with van der Waals surface area (Å²) in [5.41, 5.74) is 11.2. The molecule has 7 rings (SSSR count). The fourth-order valence-corrected chi connectivity index (χ4v) is 6.20. The van der Waals surface area contributed by atoms with E-state index in [1.54, 1.807) is 24.3 Å². The standard InChI is InChI=1S/C37H26O2/c38-31-19-15-25(16-20-31)27-7-5-9-29(23-27)37(30-10-6-8-28(24-30)26-17-21-32(39)22-18-26)35-13-3-1-11-33(35)34-12-2-4-14-36(34)37/h1-24,38-39H. The van der Waals surface area contributed by atoms with E-state index in [4.69, 9.17) is 0 Å². The maximum Gasteiger partial charge on any atom is 0.115 e. The number of aromatic hydroxyl groups is 2. The van der Waals surface area contributed by atoms with Gasteiger partial charge in [0.05, 0.1) is 5.41 Å². The van der Waals surface area contributed by atoms with Gasteiger partial charge in [-0.15, -0.1) is 0 Å². The van der Waals surface area contributed by atoms with Gasteiger partial charge < -0.3 is 10.2 Å². The molecule has 186 valence electrons. The minimum atomic E-state index is -0.521. The van der Waals surface area contributed by atoms with Crippen molar-refractivity contribution in [3.05, 3.63) is 168 Å². The number of phenolic OH excluding ortho intramolecular Hbond substituents is 2. The average molecular weight is 503 g/mol. The Bertz CT molecular complexity index is 1680. The maximum atomic E-state index is 9.86. The van der Waals surface area contributed by atoms with Gasteiger partial charge in [0.15, 0.2) is 0 Å². The van der Waals surface area contributed by atoms with Crippen molar-refractivity contribution < 1.29 is 10.2 Å². The fraction of sp³-hybridized carbons (Fsp3) is 0.0270. The minimum absolute atomic E-state index is 0.260. The van der Waals surface area contributed by atoms with E-state index in [0.29, 0.717) is 0 Å². The van der Waals surface area contributed by atoms with Crippen LogP contribution >= 0.6 is 0 Å². The highest BCUT2D eigenvalue weighted by Crippen LogP contribution is 2.56. The van der Waals surface area contributed by atoms with Crippen LogP contribution in [0.15, 0.2) is 146 Å². The normalized spacial score (nSPS) is 13.0. The molecule has 2 nitrogen and oxygen atoms in total. The van der Waals surface area contributed by atoms with Crippen molar-refractivity contribution in [2.75, 3.05) is 0 Å². The van der Waals surface area contributed by atoms with Gasteiger partial charge in [0.25, 0.3) is 0 Å². The number of phenols is 2. The third kappa shape index (κ3) is 3.65. The van der Waals surface area contributed by atoms with E-state index >= 15 is 0 Å². The van der Waals surface area contributed by atoms with E-state index in [1.165, 1.54) is 33.4 Å². The molecule has 2 heteroatoms. The van der Waals surface area contributed by atoms with Gasteiger partial charge in [-0.3, -0.25) is 0 Å². The van der Waals surface area contributed by atoms with Crippen LogP contribution in [-0.2, 0) is 5.41 Å². The summed E-state index contributed by atoms with van der Waals surface area (Å²) in [5.74, 6) is 0.520. The summed E-state index contributed by atoms with van der Waals surface area (Å²) < 4.78 is 0. The zero-order valence-electron chi connectivity index (χ0n) is 21.3. The van der Waals surface area contributed by atoms with Crippen LogP contribution in [0.1, 0.15) is 22.3 Å². The highest BCUT2D eigenvalue weighted by atomic mass is 16.3. The molecule has 1 aliphatic rings. The average Bonchev–Trinajstić information content (AvgIpc) is 3.29. The second-order valence-corrected chi connectivity index (χ2v) is 10.1. The Morgan fingerprint density at radius 2 is 0.769 bits per heavy atom. The van der Waals surface area contributed by atoms with Gasteiger partial charge in [-0.05, 0) is 92.0 Å². The number of hydrogen-bond donors (Lipinski definition) is 2. The lowest BCUT2D eigenvalue weighted by atomic mass is 9.67. The van der Waals surface area contributed by atoms with Gasteiger partial charge in [0.2, 0.25) is 0 Å². The van der Waals surface area contributed by atoms with Crippen molar-refractivity contribution in [3.8, 4) is 44.9 Å². The quantitative estimate of drug-likeness (QED) is 0.252. The molecule has 0 bridgehead atoms. The smallest absolute Gasteiger partial charge is 0.115 e. The summed E-state index contributed by atoms with van der Waals surface area (Å²) in [6.07, 6.45) is 0. The van der Waals surface area contributed by atoms with Crippen LogP contribution in [0.4, 0.5) is 0 Å². The molecule has 0 saturated carbocycles. The zero-order valence-corrected chi connectivity index (χ0v) is 21.3. The number of benzene rings is 6. The monoisotopic (exact) mass is 502 g/mol. The van der Waals surface area contributed by atoms with Gasteiger partial charge in [-0.25, -0.2) is 0 Å².